The number of carbonyl (C=O) groups excluding carboxylic acids is 2. The fourth-order valence-corrected chi connectivity index (χ4v) is 2.53. The van der Waals surface area contributed by atoms with Crippen molar-refractivity contribution in [2.24, 2.45) is 5.73 Å². The molecule has 0 aliphatic heterocycles. The fraction of sp³-hybridized carbons (Fsp3) is 0.353. The fourth-order valence-electron chi connectivity index (χ4n) is 2.53. The van der Waals surface area contributed by atoms with E-state index in [4.69, 9.17) is 15.6 Å². The van der Waals surface area contributed by atoms with Crippen LogP contribution in [0.25, 0.3) is 10.9 Å². The lowest BCUT2D eigenvalue weighted by Crippen LogP contribution is -2.43. The Morgan fingerprint density at radius 2 is 2.00 bits per heavy atom. The summed E-state index contributed by atoms with van der Waals surface area (Å²) in [7, 11) is 1.25. The first-order valence-electron chi connectivity index (χ1n) is 7.83. The van der Waals surface area contributed by atoms with Crippen LogP contribution in [0.1, 0.15) is 18.4 Å². The molecule has 0 bridgehead atoms. The molecule has 2 rings (SSSR count). The lowest BCUT2D eigenvalue weighted by molar-refractivity contribution is -0.145. The molecule has 0 radical (unpaired) electrons. The Balaban J connectivity index is 0.00000338. The van der Waals surface area contributed by atoms with Crippen LogP contribution < -0.4 is 11.1 Å². The number of carboxylic acid groups (broad SMARTS) is 1. The van der Waals surface area contributed by atoms with Gasteiger partial charge in [-0.2, -0.15) is 0 Å². The van der Waals surface area contributed by atoms with Gasteiger partial charge in [-0.1, -0.05) is 18.2 Å². The van der Waals surface area contributed by atoms with Gasteiger partial charge in [0.2, 0.25) is 5.91 Å². The maximum absolute atomic E-state index is 12.0. The van der Waals surface area contributed by atoms with Gasteiger partial charge in [-0.3, -0.25) is 9.59 Å². The van der Waals surface area contributed by atoms with E-state index in [2.05, 4.69) is 10.3 Å². The second kappa shape index (κ2) is 9.79. The summed E-state index contributed by atoms with van der Waals surface area (Å²) in [6.45, 7) is 0. The zero-order valence-corrected chi connectivity index (χ0v) is 15.0. The number of aromatic nitrogens is 1. The third kappa shape index (κ3) is 5.47. The topological polar surface area (TPSA) is 135 Å². The quantitative estimate of drug-likeness (QED) is 0.502. The highest BCUT2D eigenvalue weighted by Crippen LogP contribution is 2.19. The van der Waals surface area contributed by atoms with Crippen LogP contribution >= 0.6 is 12.4 Å². The first-order chi connectivity index (χ1) is 11.9. The van der Waals surface area contributed by atoms with Crippen LogP contribution in [-0.2, 0) is 25.5 Å². The molecule has 0 fully saturated rings. The Hall–Kier alpha value is -2.58. The lowest BCUT2D eigenvalue weighted by atomic mass is 10.0. The third-order valence-corrected chi connectivity index (χ3v) is 3.92. The van der Waals surface area contributed by atoms with Crippen LogP contribution in [0.4, 0.5) is 0 Å². The van der Waals surface area contributed by atoms with Gasteiger partial charge in [0.25, 0.3) is 0 Å². The number of para-hydroxylation sites is 1. The molecule has 0 aliphatic carbocycles. The number of ether oxygens (including phenoxy) is 1. The van der Waals surface area contributed by atoms with Crippen LogP contribution in [0.3, 0.4) is 0 Å². The molecule has 1 aromatic carbocycles. The van der Waals surface area contributed by atoms with Gasteiger partial charge in [0.1, 0.15) is 12.1 Å². The number of nitrogens with two attached hydrogens (primary N) is 1. The predicted octanol–water partition coefficient (Wildman–Crippen LogP) is 0.982. The van der Waals surface area contributed by atoms with Crippen molar-refractivity contribution in [2.45, 2.75) is 31.3 Å². The van der Waals surface area contributed by atoms with Crippen molar-refractivity contribution in [1.82, 2.24) is 10.3 Å². The third-order valence-electron chi connectivity index (χ3n) is 3.92. The monoisotopic (exact) mass is 383 g/mol. The second-order valence-electron chi connectivity index (χ2n) is 5.69. The Bertz CT molecular complexity index is 777. The van der Waals surface area contributed by atoms with Crippen LogP contribution in [-0.4, -0.2) is 47.1 Å². The number of aliphatic carboxylic acids is 1. The second-order valence-corrected chi connectivity index (χ2v) is 5.69. The minimum Gasteiger partial charge on any atom is -0.480 e. The maximum Gasteiger partial charge on any atom is 0.328 e. The average Bonchev–Trinajstić information content (AvgIpc) is 3.01. The molecule has 5 N–H and O–H groups in total. The summed E-state index contributed by atoms with van der Waals surface area (Å²) in [5, 5.41) is 12.3. The summed E-state index contributed by atoms with van der Waals surface area (Å²) in [4.78, 5) is 37.8. The van der Waals surface area contributed by atoms with Crippen molar-refractivity contribution in [1.29, 1.82) is 0 Å². The minimum absolute atomic E-state index is 0. The van der Waals surface area contributed by atoms with Crippen LogP contribution in [0.2, 0.25) is 0 Å². The summed E-state index contributed by atoms with van der Waals surface area (Å²) < 4.78 is 4.76. The molecule has 1 aromatic heterocycles. The summed E-state index contributed by atoms with van der Waals surface area (Å²) in [6.07, 6.45) is 1.94. The number of fused-ring (bicyclic) bond motifs is 1. The van der Waals surface area contributed by atoms with Gasteiger partial charge in [0.15, 0.2) is 0 Å². The smallest absolute Gasteiger partial charge is 0.328 e. The molecule has 26 heavy (non-hydrogen) atoms. The number of carbonyl (C=O) groups is 3. The number of halogens is 1. The molecular formula is C17H22ClN3O5. The molecule has 142 valence electrons. The molecule has 0 saturated heterocycles. The molecule has 1 heterocycles. The SMILES string of the molecule is COC(=O)[C@@H](Cc1c[nH]c2ccccc12)NC(=O)CC[C@@H](N)C(=O)O.Cl. The maximum atomic E-state index is 12.0. The molecule has 0 saturated carbocycles. The molecule has 0 aliphatic rings. The highest BCUT2D eigenvalue weighted by molar-refractivity contribution is 5.87. The molecule has 1 amide bonds. The molecule has 0 unspecified atom stereocenters. The number of nitrogens with one attached hydrogen (secondary N) is 2. The minimum atomic E-state index is -1.17. The number of hydrogen-bond acceptors (Lipinski definition) is 5. The van der Waals surface area contributed by atoms with Crippen molar-refractivity contribution >= 4 is 41.2 Å². The first kappa shape index (κ1) is 21.5. The van der Waals surface area contributed by atoms with E-state index in [-0.39, 0.29) is 31.7 Å². The Kier molecular flexibility index (Phi) is 8.08. The predicted molar refractivity (Wildman–Crippen MR) is 98.0 cm³/mol. The number of esters is 1. The number of H-pyrrole nitrogens is 1. The van der Waals surface area contributed by atoms with E-state index in [0.717, 1.165) is 16.5 Å². The van der Waals surface area contributed by atoms with Crippen molar-refractivity contribution in [3.05, 3.63) is 36.0 Å². The van der Waals surface area contributed by atoms with Crippen molar-refractivity contribution in [2.75, 3.05) is 7.11 Å². The zero-order chi connectivity index (χ0) is 18.4. The van der Waals surface area contributed by atoms with Crippen LogP contribution in [0.15, 0.2) is 30.5 Å². The number of methoxy groups -OCH3 is 1. The van der Waals surface area contributed by atoms with Gasteiger partial charge in [-0.25, -0.2) is 4.79 Å². The van der Waals surface area contributed by atoms with Crippen molar-refractivity contribution in [3.8, 4) is 0 Å². The molecule has 2 atom stereocenters. The molecule has 8 nitrogen and oxygen atoms in total. The van der Waals surface area contributed by atoms with Gasteiger partial charge in [0.05, 0.1) is 7.11 Å². The van der Waals surface area contributed by atoms with Crippen LogP contribution in [0, 0.1) is 0 Å². The summed E-state index contributed by atoms with van der Waals surface area (Å²) in [6, 6.07) is 5.64. The Morgan fingerprint density at radius 1 is 1.31 bits per heavy atom. The van der Waals surface area contributed by atoms with E-state index in [9.17, 15) is 14.4 Å². The normalized spacial score (nSPS) is 12.7. The van der Waals surface area contributed by atoms with E-state index in [1.165, 1.54) is 7.11 Å². The highest BCUT2D eigenvalue weighted by Gasteiger charge is 2.24. The average molecular weight is 384 g/mol. The number of carboxylic acids is 1. The van der Waals surface area contributed by atoms with E-state index in [1.807, 2.05) is 24.3 Å². The summed E-state index contributed by atoms with van der Waals surface area (Å²) in [5.41, 5.74) is 7.18. The number of benzene rings is 1. The number of rotatable bonds is 8. The van der Waals surface area contributed by atoms with Gasteiger partial charge >= 0.3 is 11.9 Å². The largest absolute Gasteiger partial charge is 0.480 e. The lowest BCUT2D eigenvalue weighted by Gasteiger charge is -2.16. The van der Waals surface area contributed by atoms with E-state index < -0.39 is 29.9 Å². The van der Waals surface area contributed by atoms with E-state index in [0.29, 0.717) is 0 Å². The molecular weight excluding hydrogens is 362 g/mol. The Morgan fingerprint density at radius 3 is 2.65 bits per heavy atom. The highest BCUT2D eigenvalue weighted by atomic mass is 35.5. The van der Waals surface area contributed by atoms with Gasteiger partial charge in [-0.05, 0) is 18.1 Å². The first-order valence-corrected chi connectivity index (χ1v) is 7.83. The Labute approximate surface area is 156 Å². The molecule has 2 aromatic rings. The van der Waals surface area contributed by atoms with E-state index >= 15 is 0 Å². The van der Waals surface area contributed by atoms with Gasteiger partial charge in [0, 0.05) is 29.9 Å². The van der Waals surface area contributed by atoms with Crippen molar-refractivity contribution < 1.29 is 24.2 Å². The number of aromatic amines is 1. The van der Waals surface area contributed by atoms with Gasteiger partial charge in [-0.15, -0.1) is 12.4 Å². The zero-order valence-electron chi connectivity index (χ0n) is 14.2. The van der Waals surface area contributed by atoms with Crippen molar-refractivity contribution in [3.63, 3.8) is 0 Å². The van der Waals surface area contributed by atoms with E-state index in [1.54, 1.807) is 6.20 Å². The molecule has 0 spiro atoms. The standard InChI is InChI=1S/C17H21N3O5.ClH/c1-25-17(24)14(20-15(21)7-6-12(18)16(22)23)8-10-9-19-13-5-3-2-4-11(10)13;/h2-5,9,12,14,19H,6-8,18H2,1H3,(H,20,21)(H,22,23);1H/t12-,14-;/m1./s1. The number of amides is 1. The van der Waals surface area contributed by atoms with Crippen LogP contribution in [0.5, 0.6) is 0 Å². The summed E-state index contributed by atoms with van der Waals surface area (Å²) >= 11 is 0. The number of hydrogen-bond donors (Lipinski definition) is 4. The molecule has 9 heteroatoms. The van der Waals surface area contributed by atoms with Gasteiger partial charge < -0.3 is 25.9 Å². The summed E-state index contributed by atoms with van der Waals surface area (Å²) in [5.74, 6) is -2.19.